The van der Waals surface area contributed by atoms with E-state index in [4.69, 9.17) is 0 Å². The predicted octanol–water partition coefficient (Wildman–Crippen LogP) is 3.18. The molecule has 0 radical (unpaired) electrons. The number of benzene rings is 1. The molecule has 0 unspecified atom stereocenters. The van der Waals surface area contributed by atoms with Gasteiger partial charge >= 0.3 is 0 Å². The summed E-state index contributed by atoms with van der Waals surface area (Å²) < 4.78 is 28.7. The maximum absolute atomic E-state index is 12.7. The minimum Gasteiger partial charge on any atom is -0.305 e. The Kier molecular flexibility index (Phi) is 6.42. The summed E-state index contributed by atoms with van der Waals surface area (Å²) in [6.45, 7) is 10.4. The maximum atomic E-state index is 12.7. The van der Waals surface area contributed by atoms with E-state index in [0.717, 1.165) is 22.0 Å². The van der Waals surface area contributed by atoms with Crippen molar-refractivity contribution in [3.05, 3.63) is 36.4 Å². The number of aromatic nitrogens is 3. The smallest absolute Gasteiger partial charge is 0.243 e. The highest BCUT2D eigenvalue weighted by Crippen LogP contribution is 2.26. The van der Waals surface area contributed by atoms with Gasteiger partial charge in [-0.3, -0.25) is 0 Å². The lowest BCUT2D eigenvalue weighted by molar-refractivity contribution is 0.445. The molecule has 0 spiro atoms. The highest BCUT2D eigenvalue weighted by atomic mass is 32.2. The summed E-state index contributed by atoms with van der Waals surface area (Å²) in [6, 6.07) is 6.86. The van der Waals surface area contributed by atoms with E-state index in [0.29, 0.717) is 18.9 Å². The van der Waals surface area contributed by atoms with Crippen molar-refractivity contribution in [2.24, 2.45) is 7.05 Å². The fraction of sp³-hybridized carbons (Fsp3) is 0.412. The van der Waals surface area contributed by atoms with Crippen molar-refractivity contribution in [3.63, 3.8) is 0 Å². The van der Waals surface area contributed by atoms with Gasteiger partial charge in [0.15, 0.2) is 11.0 Å². The molecule has 2 aromatic rings. The maximum Gasteiger partial charge on any atom is 0.243 e. The van der Waals surface area contributed by atoms with Crippen LogP contribution in [0.2, 0.25) is 0 Å². The van der Waals surface area contributed by atoms with Gasteiger partial charge in [0, 0.05) is 31.5 Å². The Hall–Kier alpha value is -1.64. The monoisotopic (exact) mass is 380 g/mol. The lowest BCUT2D eigenvalue weighted by atomic mass is 10.2. The van der Waals surface area contributed by atoms with Crippen molar-refractivity contribution in [1.29, 1.82) is 0 Å². The van der Waals surface area contributed by atoms with Gasteiger partial charge in [0.1, 0.15) is 0 Å². The number of rotatable bonds is 8. The molecule has 0 fully saturated rings. The first-order chi connectivity index (χ1) is 11.8. The third kappa shape index (κ3) is 4.31. The molecule has 0 atom stereocenters. The number of sulfonamides is 1. The lowest BCUT2D eigenvalue weighted by Crippen LogP contribution is -2.30. The molecule has 2 rings (SSSR count). The van der Waals surface area contributed by atoms with Gasteiger partial charge in [-0.2, -0.15) is 4.31 Å². The van der Waals surface area contributed by atoms with Crippen LogP contribution >= 0.6 is 11.8 Å². The Morgan fingerprint density at radius 1 is 1.28 bits per heavy atom. The average molecular weight is 381 g/mol. The zero-order chi connectivity index (χ0) is 18.6. The van der Waals surface area contributed by atoms with Gasteiger partial charge in [0.2, 0.25) is 10.0 Å². The summed E-state index contributed by atoms with van der Waals surface area (Å²) in [5, 5.41) is 9.20. The molecule has 0 aliphatic heterocycles. The Bertz CT molecular complexity index is 855. The Morgan fingerprint density at radius 3 is 2.56 bits per heavy atom. The molecule has 0 aliphatic carbocycles. The Morgan fingerprint density at radius 2 is 1.96 bits per heavy atom. The summed E-state index contributed by atoms with van der Waals surface area (Å²) in [7, 11) is -1.62. The van der Waals surface area contributed by atoms with E-state index in [1.54, 1.807) is 30.0 Å². The van der Waals surface area contributed by atoms with Gasteiger partial charge in [-0.1, -0.05) is 49.9 Å². The Labute approximate surface area is 154 Å². The second kappa shape index (κ2) is 8.16. The highest BCUT2D eigenvalue weighted by molar-refractivity contribution is 7.99. The minimum absolute atomic E-state index is 0.271. The van der Waals surface area contributed by atoms with Crippen LogP contribution in [0.5, 0.6) is 0 Å². The van der Waals surface area contributed by atoms with E-state index in [2.05, 4.69) is 16.8 Å². The minimum atomic E-state index is -3.50. The van der Waals surface area contributed by atoms with Gasteiger partial charge in [0.05, 0.1) is 4.90 Å². The molecular formula is C17H24N4O2S2. The molecule has 6 nitrogen and oxygen atoms in total. The summed E-state index contributed by atoms with van der Waals surface area (Å²) in [6.07, 6.45) is 0. The topological polar surface area (TPSA) is 68.1 Å². The molecule has 1 aromatic carbocycles. The van der Waals surface area contributed by atoms with E-state index < -0.39 is 10.0 Å². The number of hydrogen-bond donors (Lipinski definition) is 0. The van der Waals surface area contributed by atoms with Crippen LogP contribution in [0.4, 0.5) is 0 Å². The van der Waals surface area contributed by atoms with Crippen molar-refractivity contribution in [2.45, 2.75) is 30.8 Å². The van der Waals surface area contributed by atoms with E-state index in [9.17, 15) is 8.42 Å². The molecule has 25 heavy (non-hydrogen) atoms. The molecule has 0 saturated carbocycles. The normalized spacial score (nSPS) is 11.9. The third-order valence-electron chi connectivity index (χ3n) is 3.72. The molecule has 136 valence electrons. The van der Waals surface area contributed by atoms with E-state index in [-0.39, 0.29) is 4.90 Å². The number of nitrogens with zero attached hydrogens (tertiary/aromatic N) is 4. The van der Waals surface area contributed by atoms with Gasteiger partial charge in [-0.15, -0.1) is 10.2 Å². The summed E-state index contributed by atoms with van der Waals surface area (Å²) in [5.41, 5.74) is 1.78. The molecule has 0 N–H and O–H groups in total. The molecule has 0 bridgehead atoms. The first-order valence-corrected chi connectivity index (χ1v) is 10.5. The fourth-order valence-corrected chi connectivity index (χ4v) is 4.65. The Balaban J connectivity index is 2.38. The largest absolute Gasteiger partial charge is 0.305 e. The quantitative estimate of drug-likeness (QED) is 0.520. The SMILES string of the molecule is C=C(C)CSc1nnc(-c2cccc(S(=O)(=O)N(CC)CC)c2)n1C. The molecule has 8 heteroatoms. The first-order valence-electron chi connectivity index (χ1n) is 8.08. The van der Waals surface area contributed by atoms with Crippen LogP contribution in [0.25, 0.3) is 11.4 Å². The van der Waals surface area contributed by atoms with Crippen molar-refractivity contribution in [3.8, 4) is 11.4 Å². The number of thioether (sulfide) groups is 1. The third-order valence-corrected chi connectivity index (χ3v) is 7.01. The molecule has 0 amide bonds. The summed E-state index contributed by atoms with van der Waals surface area (Å²) in [5.74, 6) is 1.41. The molecule has 1 aromatic heterocycles. The molecular weight excluding hydrogens is 356 g/mol. The second-order valence-corrected chi connectivity index (χ2v) is 8.61. The van der Waals surface area contributed by atoms with Crippen molar-refractivity contribution < 1.29 is 8.42 Å². The van der Waals surface area contributed by atoms with Crippen molar-refractivity contribution >= 4 is 21.8 Å². The van der Waals surface area contributed by atoms with Crippen LogP contribution < -0.4 is 0 Å². The zero-order valence-electron chi connectivity index (χ0n) is 15.1. The van der Waals surface area contributed by atoms with E-state index in [1.807, 2.05) is 38.5 Å². The average Bonchev–Trinajstić information content (AvgIpc) is 2.94. The highest BCUT2D eigenvalue weighted by Gasteiger charge is 2.22. The van der Waals surface area contributed by atoms with Gasteiger partial charge < -0.3 is 4.57 Å². The molecule has 0 aliphatic rings. The molecule has 1 heterocycles. The van der Waals surface area contributed by atoms with Crippen LogP contribution in [0.1, 0.15) is 20.8 Å². The second-order valence-electron chi connectivity index (χ2n) is 5.73. The van der Waals surface area contributed by atoms with E-state index >= 15 is 0 Å². The molecule has 0 saturated heterocycles. The van der Waals surface area contributed by atoms with Gasteiger partial charge in [-0.05, 0) is 19.1 Å². The predicted molar refractivity (Wildman–Crippen MR) is 102 cm³/mol. The standard InChI is InChI=1S/C17H24N4O2S2/c1-6-21(7-2)25(22,23)15-10-8-9-14(11-15)16-18-19-17(20(16)5)24-12-13(3)4/h8-11H,3,6-7,12H2,1-2,4-5H3. The van der Waals surface area contributed by atoms with Crippen LogP contribution in [0, 0.1) is 0 Å². The van der Waals surface area contributed by atoms with Crippen LogP contribution in [-0.2, 0) is 17.1 Å². The van der Waals surface area contributed by atoms with Gasteiger partial charge in [-0.25, -0.2) is 8.42 Å². The first kappa shape index (κ1) is 19.7. The van der Waals surface area contributed by atoms with Crippen molar-refractivity contribution in [2.75, 3.05) is 18.8 Å². The van der Waals surface area contributed by atoms with E-state index in [1.165, 1.54) is 4.31 Å². The summed E-state index contributed by atoms with van der Waals surface area (Å²) in [4.78, 5) is 0.271. The van der Waals surface area contributed by atoms with Crippen LogP contribution in [0.15, 0.2) is 46.5 Å². The zero-order valence-corrected chi connectivity index (χ0v) is 16.7. The number of hydrogen-bond acceptors (Lipinski definition) is 5. The summed E-state index contributed by atoms with van der Waals surface area (Å²) >= 11 is 1.56. The van der Waals surface area contributed by atoms with Crippen molar-refractivity contribution in [1.82, 2.24) is 19.1 Å². The van der Waals surface area contributed by atoms with Gasteiger partial charge in [0.25, 0.3) is 0 Å². The van der Waals surface area contributed by atoms with Crippen LogP contribution in [0.3, 0.4) is 0 Å². The fourth-order valence-electron chi connectivity index (χ4n) is 2.39. The van der Waals surface area contributed by atoms with Crippen LogP contribution in [-0.4, -0.2) is 46.3 Å². The lowest BCUT2D eigenvalue weighted by Gasteiger charge is -2.18.